The van der Waals surface area contributed by atoms with E-state index in [1.54, 1.807) is 18.3 Å². The number of carboxylic acid groups (broad SMARTS) is 1. The molecule has 7 atom stereocenters. The van der Waals surface area contributed by atoms with Gasteiger partial charge in [-0.3, -0.25) is 9.59 Å². The monoisotopic (exact) mass is 807 g/mol. The first-order chi connectivity index (χ1) is 28.4. The Bertz CT molecular complexity index is 2380. The zero-order chi connectivity index (χ0) is 41.4. The van der Waals surface area contributed by atoms with Crippen LogP contribution in [0.4, 0.5) is 0 Å². The lowest BCUT2D eigenvalue weighted by molar-refractivity contribution is -1.04. The molecule has 0 radical (unpaired) electrons. The van der Waals surface area contributed by atoms with Gasteiger partial charge in [0.15, 0.2) is 11.1 Å². The second-order valence-corrected chi connectivity index (χ2v) is 15.5. The van der Waals surface area contributed by atoms with Gasteiger partial charge in [-0.25, -0.2) is 4.99 Å². The van der Waals surface area contributed by atoms with E-state index in [2.05, 4.69) is 10.3 Å². The van der Waals surface area contributed by atoms with Crippen LogP contribution in [-0.4, -0.2) is 89.9 Å². The number of aliphatic hydroxyl groups is 2. The fourth-order valence-corrected chi connectivity index (χ4v) is 8.17. The Balaban J connectivity index is 1.07. The van der Waals surface area contributed by atoms with Crippen LogP contribution in [0, 0.1) is 19.8 Å². The highest BCUT2D eigenvalue weighted by molar-refractivity contribution is 5.93. The van der Waals surface area contributed by atoms with Crippen molar-refractivity contribution < 1.29 is 58.5 Å². The number of carbonyl (C=O) groups excluding carboxylic acids is 2. The summed E-state index contributed by atoms with van der Waals surface area (Å²) in [5.41, 5.74) is 5.93. The maximum atomic E-state index is 13.5. The molecule has 4 aliphatic rings. The minimum absolute atomic E-state index is 0.0532. The molecule has 3 aromatic carbocycles. The van der Waals surface area contributed by atoms with Crippen molar-refractivity contribution in [1.29, 1.82) is 0 Å². The molecule has 0 bridgehead atoms. The van der Waals surface area contributed by atoms with Gasteiger partial charge in [-0.05, 0) is 74.7 Å². The number of aliphatic hydroxyl groups excluding tert-OH is 2. The number of allylic oxidation sites excluding steroid dienone is 1. The summed E-state index contributed by atoms with van der Waals surface area (Å²) in [7, 11) is 0. The van der Waals surface area contributed by atoms with Crippen molar-refractivity contribution in [2.75, 3.05) is 19.7 Å². The number of phenols is 1. The number of aliphatic imine (C=N–C) groups is 1. The second-order valence-electron chi connectivity index (χ2n) is 15.5. The minimum Gasteiger partial charge on any atom is -0.549 e. The van der Waals surface area contributed by atoms with Crippen molar-refractivity contribution in [3.63, 3.8) is 0 Å². The molecule has 2 fully saturated rings. The van der Waals surface area contributed by atoms with Crippen molar-refractivity contribution >= 4 is 34.8 Å². The maximum absolute atomic E-state index is 13.5. The van der Waals surface area contributed by atoms with E-state index < -0.39 is 55.2 Å². The third-order valence-electron chi connectivity index (χ3n) is 11.2. The zero-order valence-electron chi connectivity index (χ0n) is 32.5. The number of carbonyl (C=O) groups is 2. The largest absolute Gasteiger partial charge is 0.549 e. The van der Waals surface area contributed by atoms with E-state index in [-0.39, 0.29) is 46.0 Å². The number of hydrogen-bond acceptors (Lipinski definition) is 14. The number of ether oxygens (including phenoxy) is 3. The van der Waals surface area contributed by atoms with Crippen LogP contribution in [0.15, 0.2) is 98.5 Å². The molecular weight excluding hydrogens is 762 g/mol. The molecule has 1 aromatic heterocycles. The number of aliphatic carboxylic acids is 1. The average molecular weight is 808 g/mol. The fraction of sp³-hybridized carbons (Fsp3) is 0.364. The van der Waals surface area contributed by atoms with Crippen LogP contribution in [0.2, 0.25) is 0 Å². The van der Waals surface area contributed by atoms with Crippen molar-refractivity contribution in [1.82, 2.24) is 5.32 Å². The topological polar surface area (TPSA) is 214 Å². The molecule has 15 heteroatoms. The van der Waals surface area contributed by atoms with Crippen LogP contribution in [0.5, 0.6) is 11.5 Å². The Morgan fingerprint density at radius 1 is 1.00 bits per heavy atom. The molecule has 4 heterocycles. The summed E-state index contributed by atoms with van der Waals surface area (Å²) in [6, 6.07) is 16.8. The summed E-state index contributed by atoms with van der Waals surface area (Å²) in [6.45, 7) is 3.49. The van der Waals surface area contributed by atoms with Gasteiger partial charge in [0.05, 0.1) is 16.9 Å². The molecule has 1 aliphatic carbocycles. The quantitative estimate of drug-likeness (QED) is 0.0962. The van der Waals surface area contributed by atoms with Gasteiger partial charge in [-0.1, -0.05) is 42.2 Å². The SMILES string of the molecule is Cc1cc(C)cc(C2=C3N=CC=C3C[NH+]2O[C@H]2[C@@H](Oc3ccc4c(=O)c(-c5ccc(O)cc5)coc4c3)O[C@@H](COC(=O)[C@@H](CNC3CCCC3)C(=O)[O-])[C@H](O)[C@H]2O)c1. The highest BCUT2D eigenvalue weighted by atomic mass is 16.8. The molecule has 4 aromatic rings. The number of nitrogens with one attached hydrogen (secondary N) is 2. The van der Waals surface area contributed by atoms with Gasteiger partial charge >= 0.3 is 5.97 Å². The van der Waals surface area contributed by atoms with E-state index in [0.717, 1.165) is 53.6 Å². The molecule has 8 rings (SSSR count). The predicted octanol–water partition coefficient (Wildman–Crippen LogP) is 1.63. The molecule has 5 N–H and O–H groups in total. The summed E-state index contributed by atoms with van der Waals surface area (Å²) < 4.78 is 23.8. The fourth-order valence-electron chi connectivity index (χ4n) is 8.17. The van der Waals surface area contributed by atoms with Gasteiger partial charge in [0, 0.05) is 36.0 Å². The number of aryl methyl sites for hydroxylation is 2. The first-order valence-electron chi connectivity index (χ1n) is 19.7. The lowest BCUT2D eigenvalue weighted by Crippen LogP contribution is -3.08. The first-order valence-corrected chi connectivity index (χ1v) is 19.7. The van der Waals surface area contributed by atoms with E-state index in [0.29, 0.717) is 22.9 Å². The van der Waals surface area contributed by atoms with Crippen LogP contribution in [0.1, 0.15) is 42.4 Å². The van der Waals surface area contributed by atoms with Crippen molar-refractivity contribution in [2.45, 2.75) is 76.3 Å². The first kappa shape index (κ1) is 40.1. The Labute approximate surface area is 338 Å². The Morgan fingerprint density at radius 3 is 2.47 bits per heavy atom. The Morgan fingerprint density at radius 2 is 1.75 bits per heavy atom. The van der Waals surface area contributed by atoms with Crippen LogP contribution in [0.25, 0.3) is 27.8 Å². The number of rotatable bonds is 13. The van der Waals surface area contributed by atoms with E-state index >= 15 is 0 Å². The molecule has 1 unspecified atom stereocenters. The van der Waals surface area contributed by atoms with Crippen molar-refractivity contribution in [2.24, 2.45) is 10.9 Å². The molecule has 0 amide bonds. The number of esters is 1. The highest BCUT2D eigenvalue weighted by Crippen LogP contribution is 2.32. The lowest BCUT2D eigenvalue weighted by atomic mass is 9.99. The highest BCUT2D eigenvalue weighted by Gasteiger charge is 2.51. The van der Waals surface area contributed by atoms with Gasteiger partial charge in [0.2, 0.25) is 12.4 Å². The number of nitrogens with zero attached hydrogens (tertiary/aromatic N) is 1. The number of quaternary nitrogens is 1. The van der Waals surface area contributed by atoms with Gasteiger partial charge in [-0.15, -0.1) is 0 Å². The van der Waals surface area contributed by atoms with Crippen molar-refractivity contribution in [3.8, 4) is 22.6 Å². The molecule has 59 heavy (non-hydrogen) atoms. The molecular formula is C44H45N3O12. The van der Waals surface area contributed by atoms with E-state index in [1.165, 1.54) is 36.6 Å². The predicted molar refractivity (Wildman–Crippen MR) is 211 cm³/mol. The third kappa shape index (κ3) is 8.44. The number of fused-ring (bicyclic) bond motifs is 2. The smallest absolute Gasteiger partial charge is 0.316 e. The molecule has 1 saturated carbocycles. The van der Waals surface area contributed by atoms with Gasteiger partial charge < -0.3 is 49.2 Å². The number of aromatic hydroxyl groups is 1. The molecule has 0 spiro atoms. The zero-order valence-corrected chi connectivity index (χ0v) is 32.5. The van der Waals surface area contributed by atoms with Crippen LogP contribution in [-0.2, 0) is 23.9 Å². The summed E-state index contributed by atoms with van der Waals surface area (Å²) in [5.74, 6) is -4.10. The molecule has 1 saturated heterocycles. The maximum Gasteiger partial charge on any atom is 0.316 e. The second kappa shape index (κ2) is 16.9. The normalized spacial score (nSPS) is 24.6. The summed E-state index contributed by atoms with van der Waals surface area (Å²) in [5, 5.41) is 48.7. The van der Waals surface area contributed by atoms with Crippen molar-refractivity contribution in [3.05, 3.63) is 111 Å². The molecule has 15 nitrogen and oxygen atoms in total. The Kier molecular flexibility index (Phi) is 11.5. The van der Waals surface area contributed by atoms with Crippen LogP contribution < -0.4 is 25.7 Å². The number of carboxylic acids is 1. The molecule has 3 aliphatic heterocycles. The van der Waals surface area contributed by atoms with Gasteiger partial charge in [-0.2, -0.15) is 9.90 Å². The number of benzene rings is 3. The van der Waals surface area contributed by atoms with Crippen LogP contribution in [0.3, 0.4) is 0 Å². The number of hydroxylamine groups is 2. The van der Waals surface area contributed by atoms with E-state index in [9.17, 15) is 34.8 Å². The Hall–Kier alpha value is -5.68. The standard InChI is InChI=1S/C44H45N3O12/c1-23-15-24(2)17-27(16-23)37-36-26(13-14-45-36)20-47(37)59-41-40(51)39(50)35(22-56-43(54)32(42(52)53)19-46-28-5-3-4-6-28)58-44(41)57-30-11-12-31-34(18-30)55-21-33(38(31)49)25-7-9-29(48)10-8-25/h7-18,21,28,32,35,39-41,44,46,48,50-51H,3-6,19-20,22H2,1-2H3,(H,52,53)/t32-,35-,39-,40+,41+,44-/m0/s1. The van der Waals surface area contributed by atoms with E-state index in [4.69, 9.17) is 23.5 Å². The summed E-state index contributed by atoms with van der Waals surface area (Å²) in [6.07, 6.45) is 1.14. The number of hydrogen-bond donors (Lipinski definition) is 5. The minimum atomic E-state index is -1.67. The molecule has 308 valence electrons. The summed E-state index contributed by atoms with van der Waals surface area (Å²) in [4.78, 5) is 49.7. The number of phenolic OH excluding ortho intramolecular Hbond substituents is 1. The average Bonchev–Trinajstić information content (AvgIpc) is 3.96. The van der Waals surface area contributed by atoms with Gasteiger partial charge in [0.25, 0.3) is 0 Å². The van der Waals surface area contributed by atoms with Crippen LogP contribution >= 0.6 is 0 Å². The summed E-state index contributed by atoms with van der Waals surface area (Å²) >= 11 is 0. The third-order valence-corrected chi connectivity index (χ3v) is 11.2. The van der Waals surface area contributed by atoms with Gasteiger partial charge in [0.1, 0.15) is 66.4 Å². The van der Waals surface area contributed by atoms with E-state index in [1.807, 2.05) is 38.1 Å². The lowest BCUT2D eigenvalue weighted by Gasteiger charge is -2.41.